The number of benzene rings is 2. The Morgan fingerprint density at radius 1 is 0.909 bits per heavy atom. The first-order valence-corrected chi connectivity index (χ1v) is 6.53. The van der Waals surface area contributed by atoms with E-state index in [0.717, 1.165) is 30.3 Å². The number of alkyl halides is 2. The number of hydrogen-bond donors (Lipinski definition) is 0. The Kier molecular flexibility index (Phi) is 3.48. The first kappa shape index (κ1) is 14.7. The Labute approximate surface area is 127 Å². The van der Waals surface area contributed by atoms with E-state index >= 15 is 0 Å². The minimum atomic E-state index is -3.63. The molecule has 2 nitrogen and oxygen atoms in total. The summed E-state index contributed by atoms with van der Waals surface area (Å²) in [4.78, 5) is 7.15. The molecule has 0 aliphatic carbocycles. The fourth-order valence-corrected chi connectivity index (χ4v) is 2.24. The molecule has 0 radical (unpaired) electrons. The molecular formula is C15H7ClF4N2. The summed E-state index contributed by atoms with van der Waals surface area (Å²) in [5, 5.41) is -0.137. The SMILES string of the molecule is Fc1ccc(C(F)(F)c2nc(Cl)c3cccc(F)c3n2)cc1. The zero-order chi connectivity index (χ0) is 15.9. The standard InChI is InChI=1S/C15H7ClF4N2/c16-13-10-2-1-3-11(18)12(10)21-14(22-13)15(19,20)8-4-6-9(17)7-5-8/h1-7H. The first-order valence-electron chi connectivity index (χ1n) is 6.15. The molecule has 3 rings (SSSR count). The normalized spacial score (nSPS) is 11.9. The highest BCUT2D eigenvalue weighted by Gasteiger charge is 2.38. The lowest BCUT2D eigenvalue weighted by Gasteiger charge is -2.16. The van der Waals surface area contributed by atoms with Crippen LogP contribution in [0, 0.1) is 11.6 Å². The van der Waals surface area contributed by atoms with Gasteiger partial charge in [0.2, 0.25) is 5.82 Å². The van der Waals surface area contributed by atoms with Gasteiger partial charge in [-0.05, 0) is 36.4 Å². The van der Waals surface area contributed by atoms with Gasteiger partial charge in [-0.25, -0.2) is 18.7 Å². The number of nitrogens with zero attached hydrogens (tertiary/aromatic N) is 2. The van der Waals surface area contributed by atoms with Crippen molar-refractivity contribution in [2.24, 2.45) is 0 Å². The third-order valence-electron chi connectivity index (χ3n) is 3.12. The van der Waals surface area contributed by atoms with E-state index in [1.165, 1.54) is 12.1 Å². The van der Waals surface area contributed by atoms with Crippen LogP contribution in [0.5, 0.6) is 0 Å². The molecule has 7 heteroatoms. The first-order chi connectivity index (χ1) is 10.4. The molecule has 0 bridgehead atoms. The molecule has 112 valence electrons. The minimum absolute atomic E-state index is 0.139. The Balaban J connectivity index is 2.20. The van der Waals surface area contributed by atoms with Crippen LogP contribution in [0.1, 0.15) is 11.4 Å². The fourth-order valence-electron chi connectivity index (χ4n) is 2.01. The Bertz CT molecular complexity index is 850. The summed E-state index contributed by atoms with van der Waals surface area (Å²) < 4.78 is 55.5. The number of fused-ring (bicyclic) bond motifs is 1. The highest BCUT2D eigenvalue weighted by Crippen LogP contribution is 2.35. The largest absolute Gasteiger partial charge is 0.331 e. The molecule has 0 aliphatic rings. The molecule has 0 aliphatic heterocycles. The highest BCUT2D eigenvalue weighted by molar-refractivity contribution is 6.34. The topological polar surface area (TPSA) is 25.8 Å². The number of para-hydroxylation sites is 1. The van der Waals surface area contributed by atoms with Crippen molar-refractivity contribution in [1.29, 1.82) is 0 Å². The van der Waals surface area contributed by atoms with Crippen molar-refractivity contribution in [2.75, 3.05) is 0 Å². The molecule has 0 unspecified atom stereocenters. The van der Waals surface area contributed by atoms with Gasteiger partial charge in [-0.1, -0.05) is 17.7 Å². The highest BCUT2D eigenvalue weighted by atomic mass is 35.5. The Morgan fingerprint density at radius 2 is 1.59 bits per heavy atom. The van der Waals surface area contributed by atoms with Crippen LogP contribution in [-0.4, -0.2) is 9.97 Å². The van der Waals surface area contributed by atoms with E-state index in [4.69, 9.17) is 11.6 Å². The smallest absolute Gasteiger partial charge is 0.223 e. The van der Waals surface area contributed by atoms with Crippen molar-refractivity contribution in [3.8, 4) is 0 Å². The molecule has 0 saturated carbocycles. The van der Waals surface area contributed by atoms with Crippen molar-refractivity contribution in [2.45, 2.75) is 5.92 Å². The third-order valence-corrected chi connectivity index (χ3v) is 3.41. The summed E-state index contributed by atoms with van der Waals surface area (Å²) in [6, 6.07) is 7.52. The molecule has 22 heavy (non-hydrogen) atoms. The number of rotatable bonds is 2. The second kappa shape index (κ2) is 5.21. The number of aromatic nitrogens is 2. The molecule has 0 spiro atoms. The molecule has 0 saturated heterocycles. The van der Waals surface area contributed by atoms with Gasteiger partial charge in [-0.15, -0.1) is 0 Å². The second-order valence-electron chi connectivity index (χ2n) is 4.56. The molecule has 0 N–H and O–H groups in total. The van der Waals surface area contributed by atoms with Crippen LogP contribution >= 0.6 is 11.6 Å². The predicted octanol–water partition coefficient (Wildman–Crippen LogP) is 4.70. The average Bonchev–Trinajstić information content (AvgIpc) is 2.48. The van der Waals surface area contributed by atoms with Crippen molar-refractivity contribution in [3.05, 3.63) is 70.6 Å². The van der Waals surface area contributed by atoms with Gasteiger partial charge in [0.05, 0.1) is 0 Å². The van der Waals surface area contributed by atoms with E-state index in [2.05, 4.69) is 9.97 Å². The van der Waals surface area contributed by atoms with Crippen molar-refractivity contribution >= 4 is 22.5 Å². The maximum atomic E-state index is 14.4. The summed E-state index contributed by atoms with van der Waals surface area (Å²) in [6.07, 6.45) is 0. The summed E-state index contributed by atoms with van der Waals surface area (Å²) in [5.41, 5.74) is -0.806. The van der Waals surface area contributed by atoms with Crippen molar-refractivity contribution in [3.63, 3.8) is 0 Å². The average molecular weight is 327 g/mol. The fraction of sp³-hybridized carbons (Fsp3) is 0.0667. The maximum Gasteiger partial charge on any atom is 0.331 e. The van der Waals surface area contributed by atoms with Crippen LogP contribution in [0.2, 0.25) is 5.15 Å². The van der Waals surface area contributed by atoms with Gasteiger partial charge in [0, 0.05) is 10.9 Å². The van der Waals surface area contributed by atoms with Gasteiger partial charge in [0.1, 0.15) is 22.3 Å². The summed E-state index contributed by atoms with van der Waals surface area (Å²) >= 11 is 5.84. The van der Waals surface area contributed by atoms with E-state index in [1.54, 1.807) is 0 Å². The molecule has 2 aromatic carbocycles. The van der Waals surface area contributed by atoms with E-state index in [0.29, 0.717) is 0 Å². The third kappa shape index (κ3) is 2.39. The van der Waals surface area contributed by atoms with Crippen LogP contribution in [0.25, 0.3) is 10.9 Å². The van der Waals surface area contributed by atoms with Crippen molar-refractivity contribution < 1.29 is 17.6 Å². The van der Waals surface area contributed by atoms with Crippen molar-refractivity contribution in [1.82, 2.24) is 9.97 Å². The van der Waals surface area contributed by atoms with E-state index in [9.17, 15) is 17.6 Å². The van der Waals surface area contributed by atoms with Gasteiger partial charge in [-0.2, -0.15) is 8.78 Å². The number of hydrogen-bond acceptors (Lipinski definition) is 2. The van der Waals surface area contributed by atoms with Crippen LogP contribution in [0.3, 0.4) is 0 Å². The van der Waals surface area contributed by atoms with Crippen LogP contribution in [0.4, 0.5) is 17.6 Å². The molecule has 0 atom stereocenters. The molecule has 1 heterocycles. The zero-order valence-electron chi connectivity index (χ0n) is 10.8. The molecule has 0 amide bonds. The molecule has 1 aromatic heterocycles. The second-order valence-corrected chi connectivity index (χ2v) is 4.91. The lowest BCUT2D eigenvalue weighted by atomic mass is 10.1. The Hall–Kier alpha value is -2.21. The summed E-state index contributed by atoms with van der Waals surface area (Å²) in [5.74, 6) is -6.00. The molecule has 0 fully saturated rings. The van der Waals surface area contributed by atoms with Gasteiger partial charge >= 0.3 is 5.92 Å². The van der Waals surface area contributed by atoms with E-state index in [1.807, 2.05) is 0 Å². The van der Waals surface area contributed by atoms with Gasteiger partial charge in [0.25, 0.3) is 0 Å². The summed E-state index contributed by atoms with van der Waals surface area (Å²) in [6.45, 7) is 0. The lowest BCUT2D eigenvalue weighted by Crippen LogP contribution is -2.19. The Morgan fingerprint density at radius 3 is 2.27 bits per heavy atom. The minimum Gasteiger partial charge on any atom is -0.223 e. The van der Waals surface area contributed by atoms with Gasteiger partial charge < -0.3 is 0 Å². The van der Waals surface area contributed by atoms with Gasteiger partial charge in [-0.3, -0.25) is 0 Å². The molecule has 3 aromatic rings. The van der Waals surface area contributed by atoms with Crippen LogP contribution < -0.4 is 0 Å². The van der Waals surface area contributed by atoms with Crippen LogP contribution in [-0.2, 0) is 5.92 Å². The predicted molar refractivity (Wildman–Crippen MR) is 73.9 cm³/mol. The van der Waals surface area contributed by atoms with Crippen LogP contribution in [0.15, 0.2) is 42.5 Å². The number of halogens is 5. The summed E-state index contributed by atoms with van der Waals surface area (Å²) in [7, 11) is 0. The zero-order valence-corrected chi connectivity index (χ0v) is 11.6. The quantitative estimate of drug-likeness (QED) is 0.504. The molecular weight excluding hydrogens is 320 g/mol. The maximum absolute atomic E-state index is 14.4. The van der Waals surface area contributed by atoms with E-state index in [-0.39, 0.29) is 16.1 Å². The lowest BCUT2D eigenvalue weighted by molar-refractivity contribution is 0.0331. The van der Waals surface area contributed by atoms with E-state index < -0.39 is 28.9 Å². The van der Waals surface area contributed by atoms with Gasteiger partial charge in [0.15, 0.2) is 0 Å². The monoisotopic (exact) mass is 326 g/mol.